The lowest BCUT2D eigenvalue weighted by Gasteiger charge is -2.39. The fraction of sp³-hybridized carbons (Fsp3) is 0.714. The van der Waals surface area contributed by atoms with E-state index in [2.05, 4.69) is 32.2 Å². The molecule has 28 heavy (non-hydrogen) atoms. The van der Waals surface area contributed by atoms with Crippen molar-refractivity contribution in [2.45, 2.75) is 59.9 Å². The molecular weight excluding hydrogens is 372 g/mol. The fourth-order valence-electron chi connectivity index (χ4n) is 5.50. The number of nitrogens with zero attached hydrogens (tertiary/aromatic N) is 3. The van der Waals surface area contributed by atoms with Crippen molar-refractivity contribution in [1.82, 2.24) is 10.2 Å². The van der Waals surface area contributed by atoms with Crippen LogP contribution < -0.4 is 5.32 Å². The van der Waals surface area contributed by atoms with Crippen LogP contribution in [0.4, 0.5) is 0 Å². The number of fused-ring (bicyclic) bond motifs is 2. The normalized spacial score (nSPS) is 33.1. The van der Waals surface area contributed by atoms with Crippen molar-refractivity contribution in [2.24, 2.45) is 22.2 Å². The average Bonchev–Trinajstić information content (AvgIpc) is 2.81. The van der Waals surface area contributed by atoms with Crippen LogP contribution in [0, 0.1) is 44.8 Å². The largest absolute Gasteiger partial charge is 0.338 e. The zero-order chi connectivity index (χ0) is 20.9. The highest BCUT2D eigenvalue weighted by Gasteiger charge is 2.51. The number of carbonyl (C=O) groups excluding carboxylic acids is 2. The molecule has 3 rings (SSSR count). The number of likely N-dealkylation sites (tertiary alicyclic amines) is 1. The molecule has 2 amide bonds. The molecule has 0 aromatic rings. The second kappa shape index (κ2) is 6.81. The van der Waals surface area contributed by atoms with Gasteiger partial charge in [-0.2, -0.15) is 10.5 Å². The Morgan fingerprint density at radius 1 is 1.25 bits per heavy atom. The molecule has 1 N–H and O–H groups in total. The Kier molecular flexibility index (Phi) is 5.04. The summed E-state index contributed by atoms with van der Waals surface area (Å²) in [5.74, 6) is -1.09. The third-order valence-electron chi connectivity index (χ3n) is 6.41. The topological polar surface area (TPSA) is 97.0 Å². The van der Waals surface area contributed by atoms with Gasteiger partial charge in [0.1, 0.15) is 5.92 Å². The van der Waals surface area contributed by atoms with Crippen LogP contribution in [0.15, 0.2) is 10.6 Å². The summed E-state index contributed by atoms with van der Waals surface area (Å²) in [6.07, 6.45) is 3.18. The summed E-state index contributed by atoms with van der Waals surface area (Å²) >= 11 is 1.20. The van der Waals surface area contributed by atoms with Crippen molar-refractivity contribution in [3.8, 4) is 12.1 Å². The molecular formula is C21H28N4O2S. The third-order valence-corrected chi connectivity index (χ3v) is 7.39. The minimum Gasteiger partial charge on any atom is -0.338 e. The number of thioether (sulfide) groups is 1. The number of rotatable bonds is 3. The minimum absolute atomic E-state index is 0.0516. The van der Waals surface area contributed by atoms with E-state index in [9.17, 15) is 20.1 Å². The van der Waals surface area contributed by atoms with E-state index in [1.54, 1.807) is 13.8 Å². The van der Waals surface area contributed by atoms with Crippen LogP contribution in [0.5, 0.6) is 0 Å². The van der Waals surface area contributed by atoms with E-state index in [-0.39, 0.29) is 28.5 Å². The molecule has 0 aromatic carbocycles. The molecule has 7 heteroatoms. The number of allylic oxidation sites excluding steroid dienone is 1. The lowest BCUT2D eigenvalue weighted by atomic mass is 9.65. The molecule has 2 fully saturated rings. The van der Waals surface area contributed by atoms with Gasteiger partial charge in [-0.15, -0.1) is 0 Å². The van der Waals surface area contributed by atoms with E-state index in [4.69, 9.17) is 0 Å². The zero-order valence-corrected chi connectivity index (χ0v) is 18.1. The average molecular weight is 401 g/mol. The first-order chi connectivity index (χ1) is 12.9. The Morgan fingerprint density at radius 3 is 2.54 bits per heavy atom. The molecule has 0 radical (unpaired) electrons. The van der Waals surface area contributed by atoms with Crippen LogP contribution in [-0.2, 0) is 9.59 Å². The van der Waals surface area contributed by atoms with Crippen LogP contribution >= 0.6 is 11.8 Å². The van der Waals surface area contributed by atoms with Gasteiger partial charge in [0.15, 0.2) is 0 Å². The van der Waals surface area contributed by atoms with Gasteiger partial charge in [-0.05, 0) is 30.1 Å². The molecule has 0 spiro atoms. The van der Waals surface area contributed by atoms with Crippen molar-refractivity contribution in [2.75, 3.05) is 12.3 Å². The van der Waals surface area contributed by atoms with E-state index >= 15 is 0 Å². The van der Waals surface area contributed by atoms with Crippen LogP contribution in [0.2, 0.25) is 0 Å². The van der Waals surface area contributed by atoms with Crippen molar-refractivity contribution >= 4 is 23.6 Å². The van der Waals surface area contributed by atoms with E-state index < -0.39 is 17.2 Å². The molecule has 3 atom stereocenters. The molecule has 150 valence electrons. The minimum atomic E-state index is -0.915. The summed E-state index contributed by atoms with van der Waals surface area (Å²) in [5.41, 5.74) is -0.0990. The monoisotopic (exact) mass is 400 g/mol. The van der Waals surface area contributed by atoms with Gasteiger partial charge >= 0.3 is 0 Å². The number of hydrogen-bond donors (Lipinski definition) is 1. The summed E-state index contributed by atoms with van der Waals surface area (Å²) < 4.78 is 0. The second-order valence-corrected chi connectivity index (χ2v) is 11.1. The van der Waals surface area contributed by atoms with Crippen LogP contribution in [0.3, 0.4) is 0 Å². The Morgan fingerprint density at radius 2 is 1.93 bits per heavy atom. The molecule has 1 aliphatic carbocycles. The van der Waals surface area contributed by atoms with E-state index in [1.165, 1.54) is 11.8 Å². The molecule has 3 aliphatic rings. The maximum Gasteiger partial charge on any atom is 0.243 e. The van der Waals surface area contributed by atoms with Crippen LogP contribution in [0.25, 0.3) is 0 Å². The molecule has 0 unspecified atom stereocenters. The molecule has 2 heterocycles. The lowest BCUT2D eigenvalue weighted by molar-refractivity contribution is -0.129. The van der Waals surface area contributed by atoms with Crippen molar-refractivity contribution in [1.29, 1.82) is 10.5 Å². The standard InChI is InChI=1S/C21H28N4O2S/c1-19(2)6-13-7-21(5,11-19)12-25(13)16(26)10-28-18-15(9-23)20(3,4)14(8-22)17(27)24-18/h13-14H,6-7,10-12H2,1-5H3,(H,24,27)/t13-,14+,21-/m0/s1. The van der Waals surface area contributed by atoms with Gasteiger partial charge in [0.25, 0.3) is 0 Å². The maximum absolute atomic E-state index is 13.0. The lowest BCUT2D eigenvalue weighted by Crippen LogP contribution is -2.45. The molecule has 6 nitrogen and oxygen atoms in total. The van der Waals surface area contributed by atoms with Gasteiger partial charge in [-0.1, -0.05) is 46.4 Å². The SMILES string of the molecule is CC1(C)C[C@H]2C[C@](C)(CN2C(=O)CSC2=C(C#N)C(C)(C)[C@H](C#N)C(=O)N2)C1. The first kappa shape index (κ1) is 20.7. The van der Waals surface area contributed by atoms with E-state index in [0.717, 1.165) is 25.8 Å². The summed E-state index contributed by atoms with van der Waals surface area (Å²) in [5, 5.41) is 22.0. The van der Waals surface area contributed by atoms with Gasteiger partial charge in [0.05, 0.1) is 28.5 Å². The fourth-order valence-corrected chi connectivity index (χ4v) is 6.56. The second-order valence-electron chi connectivity index (χ2n) is 10.1. The molecule has 2 bridgehead atoms. The predicted octanol–water partition coefficient (Wildman–Crippen LogP) is 3.18. The first-order valence-corrected chi connectivity index (χ1v) is 10.7. The summed E-state index contributed by atoms with van der Waals surface area (Å²) in [4.78, 5) is 27.3. The van der Waals surface area contributed by atoms with Gasteiger partial charge in [-0.25, -0.2) is 0 Å². The zero-order valence-electron chi connectivity index (χ0n) is 17.3. The van der Waals surface area contributed by atoms with Crippen molar-refractivity contribution in [3.63, 3.8) is 0 Å². The van der Waals surface area contributed by atoms with Gasteiger partial charge in [-0.3, -0.25) is 9.59 Å². The summed E-state index contributed by atoms with van der Waals surface area (Å²) in [6.45, 7) is 11.0. The number of nitriles is 2. The summed E-state index contributed by atoms with van der Waals surface area (Å²) in [6, 6.07) is 4.41. The number of hydrogen-bond acceptors (Lipinski definition) is 5. The Hall–Kier alpha value is -1.99. The van der Waals surface area contributed by atoms with Crippen LogP contribution in [0.1, 0.15) is 53.9 Å². The number of nitrogens with one attached hydrogen (secondary N) is 1. The Bertz CT molecular complexity index is 832. The quantitative estimate of drug-likeness (QED) is 0.785. The molecule has 1 saturated carbocycles. The maximum atomic E-state index is 13.0. The van der Waals surface area contributed by atoms with E-state index in [1.807, 2.05) is 11.0 Å². The highest BCUT2D eigenvalue weighted by Crippen LogP contribution is 2.52. The van der Waals surface area contributed by atoms with Crippen molar-refractivity contribution < 1.29 is 9.59 Å². The molecule has 1 saturated heterocycles. The van der Waals surface area contributed by atoms with Gasteiger partial charge < -0.3 is 10.2 Å². The predicted molar refractivity (Wildman–Crippen MR) is 107 cm³/mol. The highest BCUT2D eigenvalue weighted by atomic mass is 32.2. The van der Waals surface area contributed by atoms with Gasteiger partial charge in [0.2, 0.25) is 11.8 Å². The summed E-state index contributed by atoms with van der Waals surface area (Å²) in [7, 11) is 0. The Balaban J connectivity index is 1.75. The third kappa shape index (κ3) is 3.53. The Labute approximate surface area is 171 Å². The molecule has 2 aliphatic heterocycles. The highest BCUT2D eigenvalue weighted by molar-refractivity contribution is 8.03. The van der Waals surface area contributed by atoms with Gasteiger partial charge in [0, 0.05) is 18.0 Å². The van der Waals surface area contributed by atoms with Crippen molar-refractivity contribution in [3.05, 3.63) is 10.6 Å². The van der Waals surface area contributed by atoms with Crippen LogP contribution in [-0.4, -0.2) is 35.1 Å². The first-order valence-electron chi connectivity index (χ1n) is 9.70. The van der Waals surface area contributed by atoms with E-state index in [0.29, 0.717) is 10.6 Å². The smallest absolute Gasteiger partial charge is 0.243 e. The number of amides is 2. The molecule has 0 aromatic heterocycles. The number of carbonyl (C=O) groups is 2.